The molecule has 0 bridgehead atoms. The summed E-state index contributed by atoms with van der Waals surface area (Å²) in [6, 6.07) is 12.6. The van der Waals surface area contributed by atoms with E-state index >= 15 is 0 Å². The van der Waals surface area contributed by atoms with Gasteiger partial charge in [0, 0.05) is 16.3 Å². The zero-order valence-electron chi connectivity index (χ0n) is 16.7. The zero-order chi connectivity index (χ0) is 21.8. The molecule has 2 aromatic heterocycles. The number of thiazole rings is 1. The summed E-state index contributed by atoms with van der Waals surface area (Å²) in [6.45, 7) is 3.69. The first kappa shape index (κ1) is 20.4. The minimum atomic E-state index is -0.499. The largest absolute Gasteiger partial charge is 0.507 e. The van der Waals surface area contributed by atoms with Gasteiger partial charge in [-0.2, -0.15) is 5.10 Å². The molecule has 0 saturated carbocycles. The zero-order valence-corrected chi connectivity index (χ0v) is 17.5. The molecule has 0 amide bonds. The molecule has 0 aliphatic heterocycles. The lowest BCUT2D eigenvalue weighted by molar-refractivity contribution is 0.407. The summed E-state index contributed by atoms with van der Waals surface area (Å²) in [5.74, 6) is 0.661. The monoisotopic (exact) mass is 433 g/mol. The fourth-order valence-electron chi connectivity index (χ4n) is 3.10. The Morgan fingerprint density at radius 1 is 1.32 bits per heavy atom. The van der Waals surface area contributed by atoms with Crippen LogP contribution < -0.4 is 15.8 Å². The number of nitrogens with zero attached hydrogens (tertiary/aromatic N) is 2. The van der Waals surface area contributed by atoms with Gasteiger partial charge in [-0.1, -0.05) is 30.3 Å². The van der Waals surface area contributed by atoms with Crippen LogP contribution in [0.5, 0.6) is 11.5 Å². The Labute approximate surface area is 182 Å². The molecule has 4 rings (SSSR count). The molecule has 31 heavy (non-hydrogen) atoms. The molecule has 156 valence electrons. The van der Waals surface area contributed by atoms with Crippen LogP contribution in [0.4, 0.5) is 5.13 Å². The first-order valence-electron chi connectivity index (χ1n) is 9.38. The van der Waals surface area contributed by atoms with E-state index in [0.717, 1.165) is 10.9 Å². The lowest BCUT2D eigenvalue weighted by atomic mass is 10.1. The topological polar surface area (TPSA) is 97.0 Å². The molecule has 0 saturated heterocycles. The predicted molar refractivity (Wildman–Crippen MR) is 123 cm³/mol. The van der Waals surface area contributed by atoms with Crippen molar-refractivity contribution >= 4 is 33.7 Å². The van der Waals surface area contributed by atoms with Crippen molar-refractivity contribution in [2.75, 3.05) is 12.5 Å². The Bertz CT molecular complexity index is 1340. The highest BCUT2D eigenvalue weighted by atomic mass is 32.1. The molecule has 0 aliphatic rings. The van der Waals surface area contributed by atoms with Crippen LogP contribution in [0.2, 0.25) is 0 Å². The molecule has 2 N–H and O–H groups in total. The Hall–Kier alpha value is -3.91. The number of anilines is 1. The Kier molecular flexibility index (Phi) is 5.81. The van der Waals surface area contributed by atoms with E-state index < -0.39 is 5.63 Å². The summed E-state index contributed by atoms with van der Waals surface area (Å²) in [5, 5.41) is 17.4. The molecule has 0 aliphatic carbocycles. The second-order valence-electron chi connectivity index (χ2n) is 6.58. The van der Waals surface area contributed by atoms with Gasteiger partial charge in [0.05, 0.1) is 24.6 Å². The molecule has 7 nitrogen and oxygen atoms in total. The minimum Gasteiger partial charge on any atom is -0.507 e. The number of allylic oxidation sites excluding steroid dienone is 1. The number of methoxy groups -OCH3 is 1. The molecule has 0 unspecified atom stereocenters. The predicted octanol–water partition coefficient (Wildman–Crippen LogP) is 4.81. The van der Waals surface area contributed by atoms with Crippen LogP contribution in [-0.4, -0.2) is 23.4 Å². The third-order valence-electron chi connectivity index (χ3n) is 4.60. The van der Waals surface area contributed by atoms with E-state index in [2.05, 4.69) is 22.1 Å². The first-order valence-corrected chi connectivity index (χ1v) is 10.3. The number of aromatic hydroxyl groups is 1. The number of aromatic nitrogens is 1. The number of benzene rings is 2. The van der Waals surface area contributed by atoms with Gasteiger partial charge in [0.25, 0.3) is 0 Å². The minimum absolute atomic E-state index is 0.164. The lowest BCUT2D eigenvalue weighted by Crippen LogP contribution is -2.03. The molecule has 2 aromatic carbocycles. The van der Waals surface area contributed by atoms with Crippen molar-refractivity contribution in [3.63, 3.8) is 0 Å². The molecule has 8 heteroatoms. The lowest BCUT2D eigenvalue weighted by Gasteiger charge is -2.04. The highest BCUT2D eigenvalue weighted by Gasteiger charge is 2.13. The number of para-hydroxylation sites is 2. The number of hydrogen-bond donors (Lipinski definition) is 2. The van der Waals surface area contributed by atoms with Crippen molar-refractivity contribution in [3.05, 3.63) is 82.0 Å². The molecular formula is C23H19N3O4S. The summed E-state index contributed by atoms with van der Waals surface area (Å²) >= 11 is 1.30. The van der Waals surface area contributed by atoms with Gasteiger partial charge in [-0.15, -0.1) is 17.9 Å². The number of hydrogen-bond acceptors (Lipinski definition) is 8. The van der Waals surface area contributed by atoms with E-state index in [4.69, 9.17) is 9.15 Å². The highest BCUT2D eigenvalue weighted by Crippen LogP contribution is 2.29. The quantitative estimate of drug-likeness (QED) is 0.188. The second-order valence-corrected chi connectivity index (χ2v) is 7.44. The van der Waals surface area contributed by atoms with Crippen molar-refractivity contribution in [1.29, 1.82) is 0 Å². The van der Waals surface area contributed by atoms with Gasteiger partial charge in [0.1, 0.15) is 5.75 Å². The third-order valence-corrected chi connectivity index (χ3v) is 5.35. The summed E-state index contributed by atoms with van der Waals surface area (Å²) in [7, 11) is 1.52. The van der Waals surface area contributed by atoms with Crippen molar-refractivity contribution < 1.29 is 14.3 Å². The Morgan fingerprint density at radius 2 is 2.16 bits per heavy atom. The van der Waals surface area contributed by atoms with Crippen molar-refractivity contribution in [2.24, 2.45) is 5.10 Å². The Balaban J connectivity index is 1.56. The van der Waals surface area contributed by atoms with E-state index in [9.17, 15) is 9.90 Å². The maximum Gasteiger partial charge on any atom is 0.345 e. The van der Waals surface area contributed by atoms with Gasteiger partial charge < -0.3 is 14.3 Å². The molecule has 0 radical (unpaired) electrons. The molecule has 2 heterocycles. The van der Waals surface area contributed by atoms with Gasteiger partial charge in [0.2, 0.25) is 5.13 Å². The van der Waals surface area contributed by atoms with Gasteiger partial charge in [-0.3, -0.25) is 5.43 Å². The summed E-state index contributed by atoms with van der Waals surface area (Å²) < 4.78 is 10.7. The number of hydrazone groups is 1. The normalized spacial score (nSPS) is 11.1. The summed E-state index contributed by atoms with van der Waals surface area (Å²) in [4.78, 5) is 16.9. The van der Waals surface area contributed by atoms with E-state index in [1.165, 1.54) is 24.7 Å². The second kappa shape index (κ2) is 8.85. The number of phenols is 1. The van der Waals surface area contributed by atoms with Crippen molar-refractivity contribution in [2.45, 2.75) is 6.42 Å². The van der Waals surface area contributed by atoms with Gasteiger partial charge >= 0.3 is 5.63 Å². The molecule has 0 fully saturated rings. The maximum absolute atomic E-state index is 12.5. The van der Waals surface area contributed by atoms with Crippen molar-refractivity contribution in [3.8, 4) is 22.8 Å². The number of nitrogens with one attached hydrogen (secondary N) is 1. The van der Waals surface area contributed by atoms with Crippen LogP contribution in [-0.2, 0) is 6.42 Å². The first-order chi connectivity index (χ1) is 15.1. The van der Waals surface area contributed by atoms with Crippen LogP contribution in [0, 0.1) is 0 Å². The van der Waals surface area contributed by atoms with E-state index in [1.807, 2.05) is 24.3 Å². The van der Waals surface area contributed by atoms with Crippen LogP contribution >= 0.6 is 11.3 Å². The van der Waals surface area contributed by atoms with Crippen LogP contribution in [0.1, 0.15) is 11.1 Å². The number of phenolic OH excluding ortho intramolecular Hbond substituents is 1. The van der Waals surface area contributed by atoms with E-state index in [0.29, 0.717) is 39.7 Å². The van der Waals surface area contributed by atoms with E-state index in [-0.39, 0.29) is 5.75 Å². The summed E-state index contributed by atoms with van der Waals surface area (Å²) in [6.07, 6.45) is 3.81. The Morgan fingerprint density at radius 3 is 2.97 bits per heavy atom. The van der Waals surface area contributed by atoms with Crippen molar-refractivity contribution in [1.82, 2.24) is 4.98 Å². The fraction of sp³-hybridized carbons (Fsp3) is 0.0870. The number of rotatable bonds is 7. The van der Waals surface area contributed by atoms with Crippen LogP contribution in [0.3, 0.4) is 0 Å². The number of ether oxygens (including phenoxy) is 1. The number of fused-ring (bicyclic) bond motifs is 1. The molecule has 0 atom stereocenters. The third kappa shape index (κ3) is 4.19. The average molecular weight is 433 g/mol. The highest BCUT2D eigenvalue weighted by molar-refractivity contribution is 7.14. The standard InChI is InChI=1S/C23H19N3O4S/c1-3-6-14-7-4-9-16(20(14)27)12-24-26-23-25-18(13-31-23)17-11-15-8-5-10-19(29-2)21(15)30-22(17)28/h3-5,7-13,27H,1,6H2,2H3,(H,25,26)/b24-12+. The smallest absolute Gasteiger partial charge is 0.345 e. The molecule has 0 spiro atoms. The maximum atomic E-state index is 12.5. The SMILES string of the molecule is C=CCc1cccc(/C=N/Nc2nc(-c3cc4cccc(OC)c4oc3=O)cs2)c1O. The van der Waals surface area contributed by atoms with Gasteiger partial charge in [-0.05, 0) is 30.2 Å². The summed E-state index contributed by atoms with van der Waals surface area (Å²) in [5.41, 5.74) is 4.91. The molecule has 4 aromatic rings. The molecular weight excluding hydrogens is 414 g/mol. The van der Waals surface area contributed by atoms with Crippen LogP contribution in [0.15, 0.2) is 74.8 Å². The van der Waals surface area contributed by atoms with Crippen LogP contribution in [0.25, 0.3) is 22.2 Å². The van der Waals surface area contributed by atoms with E-state index in [1.54, 1.807) is 29.7 Å². The van der Waals surface area contributed by atoms with Gasteiger partial charge in [-0.25, -0.2) is 9.78 Å². The fourth-order valence-corrected chi connectivity index (χ4v) is 3.76. The van der Waals surface area contributed by atoms with Gasteiger partial charge in [0.15, 0.2) is 11.3 Å². The average Bonchev–Trinajstić information content (AvgIpc) is 3.24.